The maximum absolute atomic E-state index is 11.7. The van der Waals surface area contributed by atoms with Crippen molar-refractivity contribution in [3.63, 3.8) is 0 Å². The second-order valence-corrected chi connectivity index (χ2v) is 3.23. The van der Waals surface area contributed by atoms with Crippen LogP contribution in [0.4, 0.5) is 0 Å². The van der Waals surface area contributed by atoms with Crippen molar-refractivity contribution in [3.05, 3.63) is 27.2 Å². The Morgan fingerprint density at radius 2 is 1.73 bits per heavy atom. The molecule has 0 unspecified atom stereocenters. The van der Waals surface area contributed by atoms with Crippen molar-refractivity contribution in [1.29, 1.82) is 0 Å². The molecule has 15 heavy (non-hydrogen) atoms. The molecule has 0 bridgehead atoms. The van der Waals surface area contributed by atoms with Crippen molar-refractivity contribution >= 4 is 11.2 Å². The standard InChI is InChI=1S/C8H10N4O2.Ag/c1-10-4-9-6-5(10)7(13)12(3)8(14)11(6)2;/h4H,1-3H3;. The van der Waals surface area contributed by atoms with Crippen LogP contribution in [0, 0.1) is 0 Å². The molecule has 0 amide bonds. The van der Waals surface area contributed by atoms with Crippen LogP contribution in [0.3, 0.4) is 0 Å². The van der Waals surface area contributed by atoms with Gasteiger partial charge in [0.1, 0.15) is 0 Å². The maximum Gasteiger partial charge on any atom is 0.332 e. The normalized spacial score (nSPS) is 10.3. The van der Waals surface area contributed by atoms with E-state index in [0.717, 1.165) is 4.57 Å². The number of hydrogen-bond acceptors (Lipinski definition) is 3. The van der Waals surface area contributed by atoms with Gasteiger partial charge in [-0.2, -0.15) is 0 Å². The van der Waals surface area contributed by atoms with Gasteiger partial charge in [0.25, 0.3) is 5.56 Å². The Hall–Kier alpha value is -1.11. The number of nitrogens with zero attached hydrogens (tertiary/aromatic N) is 4. The van der Waals surface area contributed by atoms with Gasteiger partial charge in [0.05, 0.1) is 6.33 Å². The Morgan fingerprint density at radius 1 is 1.13 bits per heavy atom. The molecule has 0 aromatic carbocycles. The van der Waals surface area contributed by atoms with Gasteiger partial charge in [-0.1, -0.05) is 0 Å². The van der Waals surface area contributed by atoms with Gasteiger partial charge in [-0.15, -0.1) is 0 Å². The van der Waals surface area contributed by atoms with Gasteiger partial charge in [0, 0.05) is 43.5 Å². The summed E-state index contributed by atoms with van der Waals surface area (Å²) >= 11 is 0. The van der Waals surface area contributed by atoms with Gasteiger partial charge < -0.3 is 4.57 Å². The van der Waals surface area contributed by atoms with Crippen molar-refractivity contribution in [1.82, 2.24) is 18.7 Å². The quantitative estimate of drug-likeness (QED) is 0.585. The average Bonchev–Trinajstić information content (AvgIpc) is 2.54. The molecule has 0 aliphatic heterocycles. The molecule has 0 N–H and O–H groups in total. The third-order valence-corrected chi connectivity index (χ3v) is 2.32. The van der Waals surface area contributed by atoms with Gasteiger partial charge >= 0.3 is 5.69 Å². The van der Waals surface area contributed by atoms with Gasteiger partial charge in [-0.3, -0.25) is 13.9 Å². The summed E-state index contributed by atoms with van der Waals surface area (Å²) in [5, 5.41) is 0. The van der Waals surface area contributed by atoms with E-state index in [-0.39, 0.29) is 33.6 Å². The molecule has 6 nitrogen and oxygen atoms in total. The largest absolute Gasteiger partial charge is 0.332 e. The fourth-order valence-electron chi connectivity index (χ4n) is 1.47. The molecule has 0 saturated carbocycles. The van der Waals surface area contributed by atoms with E-state index >= 15 is 0 Å². The van der Waals surface area contributed by atoms with Crippen molar-refractivity contribution in [2.75, 3.05) is 0 Å². The topological polar surface area (TPSA) is 61.8 Å². The second kappa shape index (κ2) is 3.80. The van der Waals surface area contributed by atoms with Crippen LogP contribution in [0.1, 0.15) is 0 Å². The predicted molar refractivity (Wildman–Crippen MR) is 51.2 cm³/mol. The zero-order valence-electron chi connectivity index (χ0n) is 8.48. The molecule has 1 radical (unpaired) electrons. The van der Waals surface area contributed by atoms with Crippen LogP contribution < -0.4 is 11.2 Å². The molecule has 0 aliphatic rings. The molecule has 2 aromatic heterocycles. The van der Waals surface area contributed by atoms with Crippen LogP contribution in [0.25, 0.3) is 11.2 Å². The second-order valence-electron chi connectivity index (χ2n) is 3.23. The first kappa shape index (κ1) is 12.0. The van der Waals surface area contributed by atoms with Crippen LogP contribution in [0.5, 0.6) is 0 Å². The molecule has 7 heteroatoms. The first-order chi connectivity index (χ1) is 6.54. The third-order valence-electron chi connectivity index (χ3n) is 2.32. The molecular formula is C8H10AgN4O2. The molecule has 85 valence electrons. The molecule has 2 heterocycles. The Balaban J connectivity index is 0.00000112. The van der Waals surface area contributed by atoms with Gasteiger partial charge in [0.2, 0.25) is 0 Å². The maximum atomic E-state index is 11.7. The summed E-state index contributed by atoms with van der Waals surface area (Å²) in [7, 11) is 4.77. The Bertz CT molecular complexity index is 622. The van der Waals surface area contributed by atoms with E-state index < -0.39 is 0 Å². The molecular weight excluding hydrogens is 292 g/mol. The average molecular weight is 302 g/mol. The zero-order valence-corrected chi connectivity index (χ0v) is 9.97. The third kappa shape index (κ3) is 1.50. The smallest absolute Gasteiger partial charge is 0.328 e. The van der Waals surface area contributed by atoms with Gasteiger partial charge in [0.15, 0.2) is 11.2 Å². The molecule has 0 saturated heterocycles. The summed E-state index contributed by atoms with van der Waals surface area (Å²) < 4.78 is 4.04. The number of aryl methyl sites for hydroxylation is 2. The van der Waals surface area contributed by atoms with Crippen LogP contribution in [-0.4, -0.2) is 18.7 Å². The summed E-state index contributed by atoms with van der Waals surface area (Å²) in [6, 6.07) is 0. The minimum Gasteiger partial charge on any atom is -0.328 e. The van der Waals surface area contributed by atoms with E-state index in [4.69, 9.17) is 0 Å². The molecule has 0 spiro atoms. The number of imidazole rings is 1. The Kier molecular flexibility index (Phi) is 3.03. The summed E-state index contributed by atoms with van der Waals surface area (Å²) in [5.74, 6) is 0. The minimum atomic E-state index is -0.360. The zero-order chi connectivity index (χ0) is 10.5. The van der Waals surface area contributed by atoms with Crippen molar-refractivity contribution in [3.8, 4) is 0 Å². The fraction of sp³-hybridized carbons (Fsp3) is 0.375. The minimum absolute atomic E-state index is 0. The fourth-order valence-corrected chi connectivity index (χ4v) is 1.47. The Morgan fingerprint density at radius 3 is 2.33 bits per heavy atom. The van der Waals surface area contributed by atoms with Gasteiger partial charge in [-0.05, 0) is 0 Å². The van der Waals surface area contributed by atoms with Crippen molar-refractivity contribution in [2.24, 2.45) is 21.1 Å². The molecule has 0 atom stereocenters. The van der Waals surface area contributed by atoms with E-state index in [1.807, 2.05) is 0 Å². The summed E-state index contributed by atoms with van der Waals surface area (Å²) in [4.78, 5) is 27.2. The van der Waals surface area contributed by atoms with E-state index in [0.29, 0.717) is 11.2 Å². The van der Waals surface area contributed by atoms with Crippen LogP contribution >= 0.6 is 0 Å². The van der Waals surface area contributed by atoms with Gasteiger partial charge in [-0.25, -0.2) is 9.78 Å². The number of aromatic nitrogens is 4. The summed E-state index contributed by atoms with van der Waals surface area (Å²) in [6.45, 7) is 0. The van der Waals surface area contributed by atoms with E-state index in [2.05, 4.69) is 4.98 Å². The van der Waals surface area contributed by atoms with E-state index in [1.54, 1.807) is 18.7 Å². The predicted octanol–water partition coefficient (Wildman–Crippen LogP) is -1.03. The SMILES string of the molecule is Cn1c(=O)c2c(ncn2C)n(C)c1=O.[Ag]. The first-order valence-corrected chi connectivity index (χ1v) is 4.11. The summed E-state index contributed by atoms with van der Waals surface area (Å²) in [5.41, 5.74) is 0.180. The van der Waals surface area contributed by atoms with Crippen LogP contribution in [0.15, 0.2) is 15.9 Å². The van der Waals surface area contributed by atoms with E-state index in [9.17, 15) is 9.59 Å². The Labute approximate surface area is 101 Å². The first-order valence-electron chi connectivity index (χ1n) is 4.11. The number of hydrogen-bond donors (Lipinski definition) is 0. The summed E-state index contributed by atoms with van der Waals surface area (Å²) in [6.07, 6.45) is 1.52. The number of fused-ring (bicyclic) bond motifs is 1. The van der Waals surface area contributed by atoms with E-state index in [1.165, 1.54) is 17.9 Å². The van der Waals surface area contributed by atoms with Crippen LogP contribution in [0.2, 0.25) is 0 Å². The molecule has 0 fully saturated rings. The van der Waals surface area contributed by atoms with Crippen LogP contribution in [-0.2, 0) is 43.5 Å². The van der Waals surface area contributed by atoms with Crippen molar-refractivity contribution < 1.29 is 22.4 Å². The molecule has 2 aromatic rings. The monoisotopic (exact) mass is 301 g/mol. The van der Waals surface area contributed by atoms with Crippen molar-refractivity contribution in [2.45, 2.75) is 0 Å². The molecule has 2 rings (SSSR count). The molecule has 0 aliphatic carbocycles. The number of rotatable bonds is 0.